The van der Waals surface area contributed by atoms with Gasteiger partial charge in [0.1, 0.15) is 18.5 Å². The standard InChI is InChI=1S/C31H34ClN7O3/c1-4-28(40)39-13-12-38(17-22(39)15-33-3)30-24-10-11-37(27-16-34-14-21-6-5-7-25(32)29(21)27)18-26(24)35-31(36-30)41-19-20(2)42-23-8-9-23/h4-7,14,16,20,22-23H,1,8-13,15,17-19H2,2H3/t20-,22+/m1/s1. The van der Waals surface area contributed by atoms with E-state index in [1.165, 1.54) is 6.08 Å². The largest absolute Gasteiger partial charge is 0.461 e. The zero-order valence-corrected chi connectivity index (χ0v) is 24.5. The molecular formula is C31H34ClN7O3. The maximum Gasteiger partial charge on any atom is 0.318 e. The molecule has 1 amide bonds. The van der Waals surface area contributed by atoms with Crippen molar-refractivity contribution in [2.24, 2.45) is 0 Å². The van der Waals surface area contributed by atoms with Crippen LogP contribution in [0.2, 0.25) is 5.02 Å². The van der Waals surface area contributed by atoms with E-state index in [1.807, 2.05) is 37.5 Å². The molecule has 42 heavy (non-hydrogen) atoms. The van der Waals surface area contributed by atoms with Crippen LogP contribution >= 0.6 is 11.6 Å². The van der Waals surface area contributed by atoms with E-state index in [0.717, 1.165) is 52.9 Å². The smallest absolute Gasteiger partial charge is 0.318 e. The van der Waals surface area contributed by atoms with Crippen LogP contribution in [-0.2, 0) is 22.5 Å². The normalized spacial score (nSPS) is 19.3. The van der Waals surface area contributed by atoms with Crippen LogP contribution in [0.5, 0.6) is 6.01 Å². The predicted octanol–water partition coefficient (Wildman–Crippen LogP) is 4.31. The Balaban J connectivity index is 1.32. The summed E-state index contributed by atoms with van der Waals surface area (Å²) in [7, 11) is 0. The number of aromatic nitrogens is 3. The number of carbonyl (C=O) groups is 1. The van der Waals surface area contributed by atoms with Crippen molar-refractivity contribution < 1.29 is 14.3 Å². The summed E-state index contributed by atoms with van der Waals surface area (Å²) in [4.78, 5) is 36.6. The maximum atomic E-state index is 12.5. The first-order valence-electron chi connectivity index (χ1n) is 14.4. The number of pyridine rings is 1. The number of fused-ring (bicyclic) bond motifs is 2. The van der Waals surface area contributed by atoms with E-state index in [4.69, 9.17) is 37.6 Å². The minimum Gasteiger partial charge on any atom is -0.461 e. The fraction of sp³-hybridized carbons (Fsp3) is 0.452. The Labute approximate surface area is 250 Å². The molecule has 0 N–H and O–H groups in total. The van der Waals surface area contributed by atoms with Gasteiger partial charge in [0.25, 0.3) is 0 Å². The Morgan fingerprint density at radius 1 is 1.24 bits per heavy atom. The van der Waals surface area contributed by atoms with Gasteiger partial charge in [-0.3, -0.25) is 9.78 Å². The summed E-state index contributed by atoms with van der Waals surface area (Å²) < 4.78 is 12.1. The van der Waals surface area contributed by atoms with Gasteiger partial charge in [0, 0.05) is 48.7 Å². The number of carbonyl (C=O) groups excluding carboxylic acids is 1. The first-order valence-corrected chi connectivity index (χ1v) is 14.8. The second kappa shape index (κ2) is 12.1. The molecule has 2 aliphatic heterocycles. The SMILES string of the molecule is [C-]#[N+]C[C@H]1CN(c2nc(OC[C@@H](C)OC3CC3)nc3c2CCN(c2cncc4cccc(Cl)c24)C3)CCN1C(=O)C=C. The molecule has 2 fully saturated rings. The molecule has 4 heterocycles. The van der Waals surface area contributed by atoms with Gasteiger partial charge in [0.05, 0.1) is 41.4 Å². The number of anilines is 2. The molecule has 0 radical (unpaired) electrons. The van der Waals surface area contributed by atoms with Crippen LogP contribution in [0.4, 0.5) is 11.5 Å². The fourth-order valence-electron chi connectivity index (χ4n) is 5.81. The van der Waals surface area contributed by atoms with Gasteiger partial charge < -0.3 is 29.0 Å². The molecule has 1 saturated heterocycles. The zero-order chi connectivity index (χ0) is 29.2. The lowest BCUT2D eigenvalue weighted by molar-refractivity contribution is -0.128. The van der Waals surface area contributed by atoms with E-state index in [0.29, 0.717) is 56.3 Å². The molecule has 11 heteroatoms. The van der Waals surface area contributed by atoms with Crippen LogP contribution in [0.25, 0.3) is 15.6 Å². The highest BCUT2D eigenvalue weighted by Gasteiger charge is 2.35. The van der Waals surface area contributed by atoms with Gasteiger partial charge in [0.15, 0.2) is 0 Å². The molecule has 1 saturated carbocycles. The molecule has 1 aromatic carbocycles. The summed E-state index contributed by atoms with van der Waals surface area (Å²) in [6.45, 7) is 16.5. The Kier molecular flexibility index (Phi) is 8.13. The first kappa shape index (κ1) is 28.2. The van der Waals surface area contributed by atoms with Gasteiger partial charge in [-0.05, 0) is 38.3 Å². The van der Waals surface area contributed by atoms with Crippen LogP contribution in [0, 0.1) is 6.57 Å². The van der Waals surface area contributed by atoms with E-state index < -0.39 is 0 Å². The number of hydrogen-bond acceptors (Lipinski definition) is 8. The monoisotopic (exact) mass is 587 g/mol. The van der Waals surface area contributed by atoms with Crippen LogP contribution in [-0.4, -0.2) is 83.3 Å². The zero-order valence-electron chi connectivity index (χ0n) is 23.7. The number of hydrogen-bond donors (Lipinski definition) is 0. The Morgan fingerprint density at radius 2 is 2.10 bits per heavy atom. The van der Waals surface area contributed by atoms with Gasteiger partial charge in [0.2, 0.25) is 12.5 Å². The third kappa shape index (κ3) is 5.85. The summed E-state index contributed by atoms with van der Waals surface area (Å²) in [6.07, 6.45) is 8.17. The summed E-state index contributed by atoms with van der Waals surface area (Å²) >= 11 is 6.65. The average Bonchev–Trinajstić information content (AvgIpc) is 3.83. The second-order valence-corrected chi connectivity index (χ2v) is 11.5. The van der Waals surface area contributed by atoms with E-state index in [1.54, 1.807) is 4.90 Å². The number of benzene rings is 1. The van der Waals surface area contributed by atoms with E-state index in [2.05, 4.69) is 26.2 Å². The van der Waals surface area contributed by atoms with E-state index in [-0.39, 0.29) is 24.6 Å². The number of nitrogens with zero attached hydrogens (tertiary/aromatic N) is 7. The van der Waals surface area contributed by atoms with Crippen molar-refractivity contribution in [3.05, 3.63) is 70.9 Å². The maximum absolute atomic E-state index is 12.5. The number of piperazine rings is 1. The quantitative estimate of drug-likeness (QED) is 0.270. The van der Waals surface area contributed by atoms with Gasteiger partial charge >= 0.3 is 6.01 Å². The van der Waals surface area contributed by atoms with E-state index in [9.17, 15) is 4.79 Å². The lowest BCUT2D eigenvalue weighted by Gasteiger charge is -2.41. The molecule has 6 rings (SSSR count). The highest BCUT2D eigenvalue weighted by atomic mass is 35.5. The number of ether oxygens (including phenoxy) is 2. The van der Waals surface area contributed by atoms with Crippen molar-refractivity contribution in [3.63, 3.8) is 0 Å². The topological polar surface area (TPSA) is 88.3 Å². The molecule has 2 atom stereocenters. The van der Waals surface area contributed by atoms with E-state index >= 15 is 0 Å². The predicted molar refractivity (Wildman–Crippen MR) is 162 cm³/mol. The summed E-state index contributed by atoms with van der Waals surface area (Å²) in [5.74, 6) is 0.653. The van der Waals surface area contributed by atoms with Crippen LogP contribution < -0.4 is 14.5 Å². The summed E-state index contributed by atoms with van der Waals surface area (Å²) in [6, 6.07) is 5.90. The molecule has 3 aliphatic rings. The first-order chi connectivity index (χ1) is 20.4. The van der Waals surface area contributed by atoms with Gasteiger partial charge in [-0.1, -0.05) is 30.3 Å². The Hall–Kier alpha value is -3.94. The van der Waals surface area contributed by atoms with Crippen LogP contribution in [0.1, 0.15) is 31.0 Å². The lowest BCUT2D eigenvalue weighted by Crippen LogP contribution is -2.56. The molecule has 10 nitrogen and oxygen atoms in total. The highest BCUT2D eigenvalue weighted by molar-refractivity contribution is 6.36. The number of halogens is 1. The molecular weight excluding hydrogens is 554 g/mol. The molecule has 218 valence electrons. The molecule has 0 unspecified atom stereocenters. The van der Waals surface area contributed by atoms with Crippen molar-refractivity contribution in [3.8, 4) is 6.01 Å². The molecule has 0 bridgehead atoms. The third-order valence-corrected chi connectivity index (χ3v) is 8.33. The second-order valence-electron chi connectivity index (χ2n) is 11.1. The number of amides is 1. The molecule has 0 spiro atoms. The summed E-state index contributed by atoms with van der Waals surface area (Å²) in [5.41, 5.74) is 2.91. The van der Waals surface area contributed by atoms with Crippen molar-refractivity contribution in [2.45, 2.75) is 51.0 Å². The average molecular weight is 588 g/mol. The van der Waals surface area contributed by atoms with Crippen LogP contribution in [0.3, 0.4) is 0 Å². The van der Waals surface area contributed by atoms with Gasteiger partial charge in [-0.25, -0.2) is 6.57 Å². The lowest BCUT2D eigenvalue weighted by atomic mass is 10.0. The molecule has 3 aromatic rings. The van der Waals surface area contributed by atoms with Crippen molar-refractivity contribution in [1.29, 1.82) is 0 Å². The highest BCUT2D eigenvalue weighted by Crippen LogP contribution is 2.37. The minimum absolute atomic E-state index is 0.0718. The number of rotatable bonds is 9. The van der Waals surface area contributed by atoms with Crippen molar-refractivity contribution in [1.82, 2.24) is 19.9 Å². The van der Waals surface area contributed by atoms with Crippen molar-refractivity contribution >= 4 is 39.8 Å². The fourth-order valence-corrected chi connectivity index (χ4v) is 6.09. The Morgan fingerprint density at radius 3 is 2.88 bits per heavy atom. The molecule has 1 aliphatic carbocycles. The van der Waals surface area contributed by atoms with Gasteiger partial charge in [-0.2, -0.15) is 9.97 Å². The Bertz CT molecular complexity index is 1530. The van der Waals surface area contributed by atoms with Crippen molar-refractivity contribution in [2.75, 3.05) is 49.1 Å². The summed E-state index contributed by atoms with van der Waals surface area (Å²) in [5, 5.41) is 2.64. The van der Waals surface area contributed by atoms with Gasteiger partial charge in [-0.15, -0.1) is 0 Å². The minimum atomic E-state index is -0.257. The third-order valence-electron chi connectivity index (χ3n) is 8.01. The molecule has 2 aromatic heterocycles. The van der Waals surface area contributed by atoms with Crippen LogP contribution in [0.15, 0.2) is 43.2 Å².